The molecule has 0 heterocycles. The number of allylic oxidation sites excluding steroid dienone is 2. The van der Waals surface area contributed by atoms with E-state index < -0.39 is 18.2 Å². The Morgan fingerprint density at radius 3 is 1.49 bits per heavy atom. The molecule has 0 bridgehead atoms. The molecular formula is C43H83NO5. The van der Waals surface area contributed by atoms with Gasteiger partial charge in [0.05, 0.1) is 25.2 Å². The molecule has 0 aliphatic rings. The Kier molecular flexibility index (Phi) is 36.8. The van der Waals surface area contributed by atoms with Crippen LogP contribution in [0.25, 0.3) is 0 Å². The van der Waals surface area contributed by atoms with Crippen molar-refractivity contribution in [3.8, 4) is 0 Å². The summed E-state index contributed by atoms with van der Waals surface area (Å²) in [6.45, 7) is 6.42. The predicted molar refractivity (Wildman–Crippen MR) is 209 cm³/mol. The first-order valence-corrected chi connectivity index (χ1v) is 21.4. The van der Waals surface area contributed by atoms with Crippen molar-refractivity contribution in [2.24, 2.45) is 0 Å². The van der Waals surface area contributed by atoms with Gasteiger partial charge in [0.1, 0.15) is 6.10 Å². The molecule has 0 aliphatic carbocycles. The largest absolute Gasteiger partial charge is 0.462 e. The van der Waals surface area contributed by atoms with Crippen LogP contribution in [-0.2, 0) is 14.3 Å². The summed E-state index contributed by atoms with van der Waals surface area (Å²) in [4.78, 5) is 25.8. The minimum Gasteiger partial charge on any atom is -0.462 e. The summed E-state index contributed by atoms with van der Waals surface area (Å²) in [6.07, 6.45) is 38.5. The number of hydrogen-bond donors (Lipinski definition) is 3. The molecule has 3 unspecified atom stereocenters. The molecule has 0 aliphatic heterocycles. The maximum absolute atomic E-state index is 13.0. The highest BCUT2D eigenvalue weighted by Crippen LogP contribution is 2.16. The molecule has 0 aromatic rings. The van der Waals surface area contributed by atoms with Crippen molar-refractivity contribution in [3.05, 3.63) is 12.2 Å². The van der Waals surface area contributed by atoms with Gasteiger partial charge in [-0.2, -0.15) is 0 Å². The Labute approximate surface area is 304 Å². The average molecular weight is 694 g/mol. The molecule has 290 valence electrons. The van der Waals surface area contributed by atoms with Crippen molar-refractivity contribution in [2.45, 2.75) is 244 Å². The van der Waals surface area contributed by atoms with Crippen LogP contribution in [0.5, 0.6) is 0 Å². The summed E-state index contributed by atoms with van der Waals surface area (Å²) in [7, 11) is 0. The Morgan fingerprint density at radius 2 is 1.00 bits per heavy atom. The third-order valence-electron chi connectivity index (χ3n) is 9.84. The smallest absolute Gasteiger partial charge is 0.306 e. The van der Waals surface area contributed by atoms with E-state index in [0.29, 0.717) is 19.3 Å². The van der Waals surface area contributed by atoms with Crippen LogP contribution in [0.1, 0.15) is 226 Å². The zero-order chi connectivity index (χ0) is 36.0. The zero-order valence-corrected chi connectivity index (χ0v) is 32.8. The Morgan fingerprint density at radius 1 is 0.571 bits per heavy atom. The van der Waals surface area contributed by atoms with Crippen LogP contribution in [0, 0.1) is 0 Å². The van der Waals surface area contributed by atoms with E-state index in [0.717, 1.165) is 57.8 Å². The lowest BCUT2D eigenvalue weighted by Crippen LogP contribution is -2.46. The van der Waals surface area contributed by atoms with Crippen molar-refractivity contribution in [2.75, 3.05) is 6.61 Å². The van der Waals surface area contributed by atoms with Crippen LogP contribution in [0.15, 0.2) is 12.2 Å². The quantitative estimate of drug-likeness (QED) is 0.0340. The molecule has 6 heteroatoms. The van der Waals surface area contributed by atoms with Gasteiger partial charge in [-0.05, 0) is 44.9 Å². The summed E-state index contributed by atoms with van der Waals surface area (Å²) in [5.74, 6) is -0.500. The minimum absolute atomic E-state index is 0.0620. The van der Waals surface area contributed by atoms with Crippen LogP contribution in [-0.4, -0.2) is 46.9 Å². The molecule has 0 spiro atoms. The number of ether oxygens (including phenoxy) is 1. The molecule has 0 fully saturated rings. The van der Waals surface area contributed by atoms with Crippen LogP contribution < -0.4 is 5.32 Å². The third-order valence-corrected chi connectivity index (χ3v) is 9.84. The molecule has 3 atom stereocenters. The van der Waals surface area contributed by atoms with Crippen LogP contribution in [0.2, 0.25) is 0 Å². The van der Waals surface area contributed by atoms with E-state index in [9.17, 15) is 19.8 Å². The summed E-state index contributed by atoms with van der Waals surface area (Å²) >= 11 is 0. The van der Waals surface area contributed by atoms with E-state index in [1.54, 1.807) is 0 Å². The molecule has 1 amide bonds. The van der Waals surface area contributed by atoms with Crippen LogP contribution in [0.4, 0.5) is 0 Å². The Hall–Kier alpha value is -1.40. The van der Waals surface area contributed by atoms with Crippen LogP contribution in [0.3, 0.4) is 0 Å². The standard InChI is InChI=1S/C43H83NO5/c1-4-7-10-13-16-19-20-21-24-25-28-31-34-39(49-43(48)36-33-30-27-23-18-15-12-9-6-3)37-42(47)44-40(38-45)41(46)35-32-29-26-22-17-14-11-8-5-2/h24-25,39-41,45-46H,4-23,26-38H2,1-3H3,(H,44,47)/b25-24-. The second-order valence-electron chi connectivity index (χ2n) is 14.7. The second-order valence-corrected chi connectivity index (χ2v) is 14.7. The highest BCUT2D eigenvalue weighted by atomic mass is 16.5. The number of aliphatic hydroxyl groups is 2. The summed E-state index contributed by atoms with van der Waals surface area (Å²) < 4.78 is 5.85. The van der Waals surface area contributed by atoms with Gasteiger partial charge in [0.25, 0.3) is 0 Å². The number of carbonyl (C=O) groups is 2. The van der Waals surface area contributed by atoms with Gasteiger partial charge in [-0.15, -0.1) is 0 Å². The second kappa shape index (κ2) is 37.8. The fraction of sp³-hybridized carbons (Fsp3) is 0.907. The van der Waals surface area contributed by atoms with Gasteiger partial charge in [0.2, 0.25) is 5.91 Å². The number of carbonyl (C=O) groups excluding carboxylic acids is 2. The first-order chi connectivity index (χ1) is 24.0. The number of aliphatic hydroxyl groups excluding tert-OH is 2. The van der Waals surface area contributed by atoms with Crippen molar-refractivity contribution < 1.29 is 24.5 Å². The van der Waals surface area contributed by atoms with Crippen molar-refractivity contribution >= 4 is 11.9 Å². The van der Waals surface area contributed by atoms with Crippen molar-refractivity contribution in [3.63, 3.8) is 0 Å². The molecule has 0 saturated heterocycles. The number of unbranched alkanes of at least 4 members (excludes halogenated alkanes) is 24. The average Bonchev–Trinajstić information content (AvgIpc) is 3.09. The van der Waals surface area contributed by atoms with Gasteiger partial charge in [-0.25, -0.2) is 0 Å². The maximum Gasteiger partial charge on any atom is 0.306 e. The van der Waals surface area contributed by atoms with Crippen LogP contribution >= 0.6 is 0 Å². The normalized spacial score (nSPS) is 13.5. The lowest BCUT2D eigenvalue weighted by atomic mass is 10.0. The highest BCUT2D eigenvalue weighted by Gasteiger charge is 2.24. The fourth-order valence-electron chi connectivity index (χ4n) is 6.55. The molecular weight excluding hydrogens is 610 g/mol. The topological polar surface area (TPSA) is 95.9 Å². The zero-order valence-electron chi connectivity index (χ0n) is 32.8. The number of hydrogen-bond acceptors (Lipinski definition) is 5. The summed E-state index contributed by atoms with van der Waals surface area (Å²) in [5.41, 5.74) is 0. The number of amides is 1. The number of rotatable bonds is 38. The maximum atomic E-state index is 13.0. The van der Waals surface area contributed by atoms with E-state index in [2.05, 4.69) is 38.2 Å². The summed E-state index contributed by atoms with van der Waals surface area (Å²) in [6, 6.07) is -0.700. The van der Waals surface area contributed by atoms with E-state index in [4.69, 9.17) is 4.74 Å². The predicted octanol–water partition coefficient (Wildman–Crippen LogP) is 11.8. The van der Waals surface area contributed by atoms with Crippen molar-refractivity contribution in [1.29, 1.82) is 0 Å². The first kappa shape index (κ1) is 47.6. The summed E-state index contributed by atoms with van der Waals surface area (Å²) in [5, 5.41) is 23.5. The lowest BCUT2D eigenvalue weighted by molar-refractivity contribution is -0.151. The van der Waals surface area contributed by atoms with E-state index in [1.165, 1.54) is 122 Å². The lowest BCUT2D eigenvalue weighted by Gasteiger charge is -2.24. The molecule has 0 aromatic carbocycles. The van der Waals surface area contributed by atoms with Gasteiger partial charge >= 0.3 is 5.97 Å². The van der Waals surface area contributed by atoms with Gasteiger partial charge in [0, 0.05) is 6.42 Å². The highest BCUT2D eigenvalue weighted by molar-refractivity contribution is 5.77. The molecule has 0 rings (SSSR count). The Balaban J connectivity index is 4.63. The SMILES string of the molecule is CCCCCCCCC/C=C\CCCC(CC(=O)NC(CO)C(O)CCCCCCCCCCC)OC(=O)CCCCCCCCCCC. The van der Waals surface area contributed by atoms with Crippen molar-refractivity contribution in [1.82, 2.24) is 5.32 Å². The van der Waals surface area contributed by atoms with Gasteiger partial charge in [-0.1, -0.05) is 181 Å². The first-order valence-electron chi connectivity index (χ1n) is 21.4. The molecule has 0 saturated carbocycles. The van der Waals surface area contributed by atoms with Gasteiger partial charge in [0.15, 0.2) is 0 Å². The van der Waals surface area contributed by atoms with Gasteiger partial charge in [-0.3, -0.25) is 9.59 Å². The number of nitrogens with one attached hydrogen (secondary N) is 1. The van der Waals surface area contributed by atoms with E-state index in [1.807, 2.05) is 0 Å². The molecule has 3 N–H and O–H groups in total. The Bertz CT molecular complexity index is 742. The number of esters is 1. The minimum atomic E-state index is -0.785. The molecule has 49 heavy (non-hydrogen) atoms. The monoisotopic (exact) mass is 694 g/mol. The van der Waals surface area contributed by atoms with Gasteiger partial charge < -0.3 is 20.3 Å². The van der Waals surface area contributed by atoms with E-state index in [-0.39, 0.29) is 24.9 Å². The molecule has 0 aromatic heterocycles. The third kappa shape index (κ3) is 33.5. The molecule has 6 nitrogen and oxygen atoms in total. The fourth-order valence-corrected chi connectivity index (χ4v) is 6.55. The van der Waals surface area contributed by atoms with E-state index >= 15 is 0 Å². The molecule has 0 radical (unpaired) electrons.